The first-order chi connectivity index (χ1) is 10.7. The highest BCUT2D eigenvalue weighted by molar-refractivity contribution is 5.89. The fourth-order valence-corrected chi connectivity index (χ4v) is 3.22. The van der Waals surface area contributed by atoms with Crippen LogP contribution < -0.4 is 0 Å². The minimum atomic E-state index is -0.239. The predicted molar refractivity (Wildman–Crippen MR) is 86.8 cm³/mol. The fourth-order valence-electron chi connectivity index (χ4n) is 3.22. The molecule has 0 heterocycles. The van der Waals surface area contributed by atoms with Crippen molar-refractivity contribution in [3.05, 3.63) is 71.3 Å². The molecule has 3 rings (SSSR count). The summed E-state index contributed by atoms with van der Waals surface area (Å²) in [5, 5.41) is 0. The number of carbonyl (C=O) groups excluding carboxylic acids is 1. The Morgan fingerprint density at radius 1 is 1.05 bits per heavy atom. The molecule has 1 aliphatic rings. The summed E-state index contributed by atoms with van der Waals surface area (Å²) in [7, 11) is 4.08. The van der Waals surface area contributed by atoms with Crippen LogP contribution in [0.5, 0.6) is 0 Å². The molecule has 0 aliphatic heterocycles. The summed E-state index contributed by atoms with van der Waals surface area (Å²) in [6.45, 7) is 0. The summed E-state index contributed by atoms with van der Waals surface area (Å²) in [5.74, 6) is -0.239. The maximum Gasteiger partial charge on any atom is 0.338 e. The Kier molecular flexibility index (Phi) is 4.25. The van der Waals surface area contributed by atoms with Crippen molar-refractivity contribution in [1.29, 1.82) is 0 Å². The van der Waals surface area contributed by atoms with E-state index in [0.717, 1.165) is 12.8 Å². The van der Waals surface area contributed by atoms with Crippen molar-refractivity contribution >= 4 is 5.97 Å². The zero-order chi connectivity index (χ0) is 15.5. The standard InChI is InChI=1S/C19H21NO2/c1-20(2)18-16-11-7-6-8-14(16)12-13-17(18)22-19(21)15-9-4-3-5-10-15/h3-11,17-18H,12-13H2,1-2H3. The van der Waals surface area contributed by atoms with E-state index in [9.17, 15) is 4.79 Å². The molecule has 0 saturated heterocycles. The Bertz CT molecular complexity index is 651. The number of nitrogens with zero attached hydrogens (tertiary/aromatic N) is 1. The second-order valence-corrected chi connectivity index (χ2v) is 5.96. The van der Waals surface area contributed by atoms with Crippen molar-refractivity contribution in [2.24, 2.45) is 0 Å². The normalized spacial score (nSPS) is 20.5. The largest absolute Gasteiger partial charge is 0.457 e. The van der Waals surface area contributed by atoms with Crippen molar-refractivity contribution in [2.45, 2.75) is 25.0 Å². The molecular weight excluding hydrogens is 274 g/mol. The molecule has 3 heteroatoms. The van der Waals surface area contributed by atoms with Gasteiger partial charge in [0.05, 0.1) is 11.6 Å². The summed E-state index contributed by atoms with van der Waals surface area (Å²) in [4.78, 5) is 14.5. The third-order valence-corrected chi connectivity index (χ3v) is 4.25. The second-order valence-electron chi connectivity index (χ2n) is 5.96. The van der Waals surface area contributed by atoms with Crippen LogP contribution in [-0.4, -0.2) is 31.1 Å². The fraction of sp³-hybridized carbons (Fsp3) is 0.316. The molecule has 0 radical (unpaired) electrons. The average Bonchev–Trinajstić information content (AvgIpc) is 2.55. The van der Waals surface area contributed by atoms with E-state index in [-0.39, 0.29) is 18.1 Å². The lowest BCUT2D eigenvalue weighted by atomic mass is 9.85. The summed E-state index contributed by atoms with van der Waals surface area (Å²) in [6, 6.07) is 17.7. The van der Waals surface area contributed by atoms with E-state index in [4.69, 9.17) is 4.74 Å². The summed E-state index contributed by atoms with van der Waals surface area (Å²) in [5.41, 5.74) is 3.23. The summed E-state index contributed by atoms with van der Waals surface area (Å²) < 4.78 is 5.83. The maximum absolute atomic E-state index is 12.4. The van der Waals surface area contributed by atoms with Crippen molar-refractivity contribution in [2.75, 3.05) is 14.1 Å². The molecule has 2 aromatic carbocycles. The van der Waals surface area contributed by atoms with Gasteiger partial charge >= 0.3 is 5.97 Å². The smallest absolute Gasteiger partial charge is 0.338 e. The number of hydrogen-bond acceptors (Lipinski definition) is 3. The number of fused-ring (bicyclic) bond motifs is 1. The molecule has 2 aromatic rings. The van der Waals surface area contributed by atoms with Gasteiger partial charge in [-0.3, -0.25) is 4.90 Å². The maximum atomic E-state index is 12.4. The molecule has 3 nitrogen and oxygen atoms in total. The van der Waals surface area contributed by atoms with Crippen LogP contribution in [0.25, 0.3) is 0 Å². The van der Waals surface area contributed by atoms with Gasteiger partial charge in [0, 0.05) is 0 Å². The first-order valence-corrected chi connectivity index (χ1v) is 7.67. The molecule has 0 fully saturated rings. The van der Waals surface area contributed by atoms with Crippen LogP contribution >= 0.6 is 0 Å². The van der Waals surface area contributed by atoms with Crippen molar-refractivity contribution < 1.29 is 9.53 Å². The third kappa shape index (κ3) is 2.90. The van der Waals surface area contributed by atoms with E-state index < -0.39 is 0 Å². The Labute approximate surface area is 131 Å². The Morgan fingerprint density at radius 2 is 1.73 bits per heavy atom. The summed E-state index contributed by atoms with van der Waals surface area (Å²) >= 11 is 0. The highest BCUT2D eigenvalue weighted by atomic mass is 16.5. The Hall–Kier alpha value is -2.13. The van der Waals surface area contributed by atoms with Gasteiger partial charge < -0.3 is 4.74 Å². The number of benzene rings is 2. The molecular formula is C19H21NO2. The number of hydrogen-bond donors (Lipinski definition) is 0. The van der Waals surface area contributed by atoms with Gasteiger partial charge in [-0.1, -0.05) is 42.5 Å². The van der Waals surface area contributed by atoms with Gasteiger partial charge in [-0.15, -0.1) is 0 Å². The van der Waals surface area contributed by atoms with Crippen LogP contribution in [0.15, 0.2) is 54.6 Å². The zero-order valence-corrected chi connectivity index (χ0v) is 13.0. The molecule has 0 N–H and O–H groups in total. The van der Waals surface area contributed by atoms with Gasteiger partial charge in [0.25, 0.3) is 0 Å². The molecule has 114 valence electrons. The zero-order valence-electron chi connectivity index (χ0n) is 13.0. The lowest BCUT2D eigenvalue weighted by Gasteiger charge is -2.37. The molecule has 22 heavy (non-hydrogen) atoms. The monoisotopic (exact) mass is 295 g/mol. The second kappa shape index (κ2) is 6.32. The molecule has 1 aliphatic carbocycles. The SMILES string of the molecule is CN(C)C1c2ccccc2CCC1OC(=O)c1ccccc1. The Morgan fingerprint density at radius 3 is 2.45 bits per heavy atom. The quantitative estimate of drug-likeness (QED) is 0.812. The number of carbonyl (C=O) groups is 1. The molecule has 2 atom stereocenters. The molecule has 0 saturated carbocycles. The summed E-state index contributed by atoms with van der Waals surface area (Å²) in [6.07, 6.45) is 1.70. The van der Waals surface area contributed by atoms with Gasteiger partial charge in [-0.2, -0.15) is 0 Å². The Balaban J connectivity index is 1.83. The van der Waals surface area contributed by atoms with Crippen molar-refractivity contribution in [1.82, 2.24) is 4.90 Å². The topological polar surface area (TPSA) is 29.5 Å². The van der Waals surface area contributed by atoms with E-state index in [1.807, 2.05) is 32.3 Å². The minimum Gasteiger partial charge on any atom is -0.457 e. The van der Waals surface area contributed by atoms with Crippen LogP contribution in [0.2, 0.25) is 0 Å². The van der Waals surface area contributed by atoms with Crippen LogP contribution in [0, 0.1) is 0 Å². The average molecular weight is 295 g/mol. The molecule has 0 spiro atoms. The van der Waals surface area contributed by atoms with Gasteiger partial charge in [0.2, 0.25) is 0 Å². The van der Waals surface area contributed by atoms with E-state index in [1.165, 1.54) is 11.1 Å². The first-order valence-electron chi connectivity index (χ1n) is 7.67. The molecule has 0 bridgehead atoms. The third-order valence-electron chi connectivity index (χ3n) is 4.25. The molecule has 0 aromatic heterocycles. The van der Waals surface area contributed by atoms with Crippen LogP contribution in [0.4, 0.5) is 0 Å². The predicted octanol–water partition coefficient (Wildman–Crippen LogP) is 3.46. The van der Waals surface area contributed by atoms with Gasteiger partial charge in [0.1, 0.15) is 6.10 Å². The van der Waals surface area contributed by atoms with Crippen molar-refractivity contribution in [3.63, 3.8) is 0 Å². The number of rotatable bonds is 3. The van der Waals surface area contributed by atoms with Gasteiger partial charge in [-0.25, -0.2) is 4.79 Å². The van der Waals surface area contributed by atoms with Gasteiger partial charge in [0.15, 0.2) is 0 Å². The van der Waals surface area contributed by atoms with E-state index in [1.54, 1.807) is 12.1 Å². The number of esters is 1. The molecule has 2 unspecified atom stereocenters. The van der Waals surface area contributed by atoms with Crippen LogP contribution in [-0.2, 0) is 11.2 Å². The van der Waals surface area contributed by atoms with E-state index in [2.05, 4.69) is 29.2 Å². The number of likely N-dealkylation sites (N-methyl/N-ethyl adjacent to an activating group) is 1. The van der Waals surface area contributed by atoms with Crippen molar-refractivity contribution in [3.8, 4) is 0 Å². The first kappa shape index (κ1) is 14.8. The lowest BCUT2D eigenvalue weighted by molar-refractivity contribution is 0.0000495. The van der Waals surface area contributed by atoms with Gasteiger partial charge in [-0.05, 0) is 50.2 Å². The van der Waals surface area contributed by atoms with E-state index in [0.29, 0.717) is 5.56 Å². The van der Waals surface area contributed by atoms with Crippen LogP contribution in [0.1, 0.15) is 33.9 Å². The number of ether oxygens (including phenoxy) is 1. The lowest BCUT2D eigenvalue weighted by Crippen LogP contribution is -2.38. The highest BCUT2D eigenvalue weighted by Gasteiger charge is 2.33. The molecule has 0 amide bonds. The van der Waals surface area contributed by atoms with Crippen LogP contribution in [0.3, 0.4) is 0 Å². The van der Waals surface area contributed by atoms with E-state index >= 15 is 0 Å². The highest BCUT2D eigenvalue weighted by Crippen LogP contribution is 2.35. The minimum absolute atomic E-state index is 0.109. The number of aryl methyl sites for hydroxylation is 1.